The monoisotopic (exact) mass is 380 g/mol. The van der Waals surface area contributed by atoms with Crippen molar-refractivity contribution in [2.24, 2.45) is 0 Å². The van der Waals surface area contributed by atoms with Gasteiger partial charge >= 0.3 is 12.6 Å². The van der Waals surface area contributed by atoms with Crippen molar-refractivity contribution in [2.45, 2.75) is 19.6 Å². The maximum absolute atomic E-state index is 12.4. The number of halogens is 2. The fourth-order valence-electron chi connectivity index (χ4n) is 2.09. The topological polar surface area (TPSA) is 108 Å². The average Bonchev–Trinajstić information content (AvgIpc) is 2.62. The van der Waals surface area contributed by atoms with Gasteiger partial charge in [-0.2, -0.15) is 8.78 Å². The lowest BCUT2D eigenvalue weighted by atomic mass is 10.2. The summed E-state index contributed by atoms with van der Waals surface area (Å²) >= 11 is 0. The number of alkyl halides is 2. The molecule has 10 heteroatoms. The number of amides is 1. The lowest BCUT2D eigenvalue weighted by molar-refractivity contribution is -0.385. The van der Waals surface area contributed by atoms with E-state index >= 15 is 0 Å². The minimum Gasteiger partial charge on any atom is -0.449 e. The van der Waals surface area contributed by atoms with Crippen molar-refractivity contribution in [3.63, 3.8) is 0 Å². The molecule has 8 nitrogen and oxygen atoms in total. The lowest BCUT2D eigenvalue weighted by Crippen LogP contribution is -2.30. The molecule has 0 aliphatic heterocycles. The minimum absolute atomic E-state index is 0.0450. The molecule has 0 fully saturated rings. The Morgan fingerprint density at radius 2 is 1.74 bits per heavy atom. The zero-order chi connectivity index (χ0) is 20.0. The Morgan fingerprint density at radius 3 is 2.41 bits per heavy atom. The number of hydrogen-bond donors (Lipinski definition) is 1. The second-order valence-corrected chi connectivity index (χ2v) is 5.19. The highest BCUT2D eigenvalue weighted by molar-refractivity contribution is 5.99. The van der Waals surface area contributed by atoms with Crippen molar-refractivity contribution in [2.75, 3.05) is 5.32 Å². The van der Waals surface area contributed by atoms with Gasteiger partial charge < -0.3 is 14.8 Å². The first kappa shape index (κ1) is 19.8. The molecule has 0 aliphatic carbocycles. The number of nitro groups is 1. The highest BCUT2D eigenvalue weighted by atomic mass is 19.3. The summed E-state index contributed by atoms with van der Waals surface area (Å²) in [6.45, 7) is -1.85. The molecule has 0 saturated carbocycles. The molecule has 0 bridgehead atoms. The number of benzene rings is 2. The van der Waals surface area contributed by atoms with Gasteiger partial charge in [0.15, 0.2) is 6.10 Å². The van der Waals surface area contributed by atoms with E-state index in [4.69, 9.17) is 4.74 Å². The Kier molecular flexibility index (Phi) is 6.36. The number of ether oxygens (including phenoxy) is 2. The maximum Gasteiger partial charge on any atom is 0.387 e. The van der Waals surface area contributed by atoms with Crippen LogP contribution in [0.4, 0.5) is 20.2 Å². The molecule has 0 aromatic heterocycles. The fourth-order valence-corrected chi connectivity index (χ4v) is 2.09. The van der Waals surface area contributed by atoms with Crippen molar-refractivity contribution in [3.8, 4) is 5.75 Å². The van der Waals surface area contributed by atoms with E-state index in [1.165, 1.54) is 49.4 Å². The second-order valence-electron chi connectivity index (χ2n) is 5.19. The molecule has 2 rings (SSSR count). The predicted molar refractivity (Wildman–Crippen MR) is 89.7 cm³/mol. The summed E-state index contributed by atoms with van der Waals surface area (Å²) in [6.07, 6.45) is -1.35. The normalized spacial score (nSPS) is 11.6. The van der Waals surface area contributed by atoms with Crippen LogP contribution in [0.5, 0.6) is 5.75 Å². The molecular weight excluding hydrogens is 366 g/mol. The molecule has 27 heavy (non-hydrogen) atoms. The van der Waals surface area contributed by atoms with Crippen LogP contribution in [0.15, 0.2) is 48.5 Å². The number of nitro benzene ring substituents is 1. The van der Waals surface area contributed by atoms with E-state index < -0.39 is 35.2 Å². The summed E-state index contributed by atoms with van der Waals surface area (Å²) < 4.78 is 34.0. The smallest absolute Gasteiger partial charge is 0.387 e. The van der Waals surface area contributed by atoms with E-state index in [0.717, 1.165) is 6.07 Å². The van der Waals surface area contributed by atoms with Gasteiger partial charge in [-0.3, -0.25) is 14.9 Å². The van der Waals surface area contributed by atoms with Crippen LogP contribution in [0.25, 0.3) is 0 Å². The fraction of sp³-hybridized carbons (Fsp3) is 0.176. The van der Waals surface area contributed by atoms with Crippen LogP contribution in [0, 0.1) is 10.1 Å². The third-order valence-corrected chi connectivity index (χ3v) is 3.33. The number of nitrogens with one attached hydrogen (secondary N) is 1. The molecule has 1 amide bonds. The van der Waals surface area contributed by atoms with Crippen LogP contribution in [0.1, 0.15) is 17.3 Å². The standard InChI is InChI=1S/C17H14F2N2O6/c1-10(26-16(23)11-6-2-4-8-13(11)21(24)25)15(22)20-12-7-3-5-9-14(12)27-17(18)19/h2-10,17H,1H3,(H,20,22). The van der Waals surface area contributed by atoms with Gasteiger partial charge in [-0.15, -0.1) is 0 Å². The summed E-state index contributed by atoms with van der Waals surface area (Å²) in [5.41, 5.74) is -0.828. The molecule has 0 heterocycles. The first-order chi connectivity index (χ1) is 12.8. The van der Waals surface area contributed by atoms with Crippen LogP contribution in [0.3, 0.4) is 0 Å². The lowest BCUT2D eigenvalue weighted by Gasteiger charge is -2.15. The van der Waals surface area contributed by atoms with E-state index in [9.17, 15) is 28.5 Å². The SMILES string of the molecule is CC(OC(=O)c1ccccc1[N+](=O)[O-])C(=O)Nc1ccccc1OC(F)F. The third kappa shape index (κ3) is 5.21. The number of para-hydroxylation sites is 3. The van der Waals surface area contributed by atoms with E-state index in [1.54, 1.807) is 0 Å². The molecule has 142 valence electrons. The highest BCUT2D eigenvalue weighted by Crippen LogP contribution is 2.26. The molecule has 2 aromatic rings. The molecule has 1 N–H and O–H groups in total. The van der Waals surface area contributed by atoms with Crippen LogP contribution < -0.4 is 10.1 Å². The van der Waals surface area contributed by atoms with Crippen molar-refractivity contribution < 1.29 is 32.8 Å². The predicted octanol–water partition coefficient (Wildman–Crippen LogP) is 3.38. The number of carbonyl (C=O) groups excluding carboxylic acids is 2. The number of esters is 1. The van der Waals surface area contributed by atoms with Gasteiger partial charge in [-0.25, -0.2) is 4.79 Å². The van der Waals surface area contributed by atoms with Crippen molar-refractivity contribution in [1.29, 1.82) is 0 Å². The zero-order valence-electron chi connectivity index (χ0n) is 13.9. The summed E-state index contributed by atoms with van der Waals surface area (Å²) in [6, 6.07) is 10.6. The quantitative estimate of drug-likeness (QED) is 0.448. The molecule has 0 saturated heterocycles. The molecule has 0 radical (unpaired) electrons. The van der Waals surface area contributed by atoms with Crippen LogP contribution in [-0.4, -0.2) is 29.5 Å². The van der Waals surface area contributed by atoms with Crippen LogP contribution in [-0.2, 0) is 9.53 Å². The van der Waals surface area contributed by atoms with Gasteiger partial charge in [0.1, 0.15) is 11.3 Å². The largest absolute Gasteiger partial charge is 0.449 e. The van der Waals surface area contributed by atoms with Crippen LogP contribution >= 0.6 is 0 Å². The Labute approximate surface area is 151 Å². The summed E-state index contributed by atoms with van der Waals surface area (Å²) in [4.78, 5) is 34.5. The molecule has 2 aromatic carbocycles. The van der Waals surface area contributed by atoms with Gasteiger partial charge in [0.05, 0.1) is 10.6 Å². The number of anilines is 1. The Hall–Kier alpha value is -3.56. The molecular formula is C17H14F2N2O6. The average molecular weight is 380 g/mol. The summed E-state index contributed by atoms with van der Waals surface area (Å²) in [5, 5.41) is 13.3. The summed E-state index contributed by atoms with van der Waals surface area (Å²) in [7, 11) is 0. The first-order valence-electron chi connectivity index (χ1n) is 7.58. The molecule has 1 atom stereocenters. The van der Waals surface area contributed by atoms with Gasteiger partial charge in [0.2, 0.25) is 0 Å². The van der Waals surface area contributed by atoms with Gasteiger partial charge in [0, 0.05) is 6.07 Å². The number of carbonyl (C=O) groups is 2. The van der Waals surface area contributed by atoms with E-state index in [1.807, 2.05) is 0 Å². The molecule has 0 aliphatic rings. The Bertz CT molecular complexity index is 859. The van der Waals surface area contributed by atoms with E-state index in [-0.39, 0.29) is 17.0 Å². The molecule has 1 unspecified atom stereocenters. The minimum atomic E-state index is -3.09. The number of rotatable bonds is 7. The Balaban J connectivity index is 2.09. The summed E-state index contributed by atoms with van der Waals surface area (Å²) in [5.74, 6) is -2.16. The third-order valence-electron chi connectivity index (χ3n) is 3.33. The Morgan fingerprint density at radius 1 is 1.11 bits per heavy atom. The first-order valence-corrected chi connectivity index (χ1v) is 7.58. The van der Waals surface area contributed by atoms with E-state index in [2.05, 4.69) is 10.1 Å². The van der Waals surface area contributed by atoms with Gasteiger partial charge in [-0.05, 0) is 25.1 Å². The van der Waals surface area contributed by atoms with Gasteiger partial charge in [-0.1, -0.05) is 24.3 Å². The maximum atomic E-state index is 12.4. The zero-order valence-corrected chi connectivity index (χ0v) is 13.9. The van der Waals surface area contributed by atoms with Crippen LogP contribution in [0.2, 0.25) is 0 Å². The van der Waals surface area contributed by atoms with Crippen molar-refractivity contribution >= 4 is 23.3 Å². The second kappa shape index (κ2) is 8.70. The molecule has 0 spiro atoms. The van der Waals surface area contributed by atoms with E-state index in [0.29, 0.717) is 0 Å². The highest BCUT2D eigenvalue weighted by Gasteiger charge is 2.25. The number of hydrogen-bond acceptors (Lipinski definition) is 6. The van der Waals surface area contributed by atoms with Gasteiger partial charge in [0.25, 0.3) is 11.6 Å². The van der Waals surface area contributed by atoms with Crippen molar-refractivity contribution in [3.05, 3.63) is 64.2 Å². The van der Waals surface area contributed by atoms with Crippen molar-refractivity contribution in [1.82, 2.24) is 0 Å². The number of nitrogens with zero attached hydrogens (tertiary/aromatic N) is 1.